The standard InChI is InChI=1S/C29H25NO2/c1-31-23-15-13-22(14-16-23)28-25-18-17-24(32-2)19-26(25)27(20-9-5-3-6-10-20)29(30-28)21-11-7-4-8-12-21/h3-19,27,29H,1-2H3/t27-,29-/m0/s1. The molecule has 3 heteroatoms. The SMILES string of the molecule is COc1ccc(C2=N[C@@H](c3ccccc3)[C@@H](c3ccccc3)c3cc(OC)ccc32)cc1. The molecule has 0 amide bonds. The third-order valence-corrected chi connectivity index (χ3v) is 6.10. The van der Waals surface area contributed by atoms with Crippen molar-refractivity contribution < 1.29 is 9.47 Å². The van der Waals surface area contributed by atoms with Gasteiger partial charge in [0.05, 0.1) is 26.0 Å². The van der Waals surface area contributed by atoms with Gasteiger partial charge in [-0.25, -0.2) is 0 Å². The lowest BCUT2D eigenvalue weighted by atomic mass is 9.76. The fourth-order valence-electron chi connectivity index (χ4n) is 4.51. The van der Waals surface area contributed by atoms with Crippen LogP contribution in [0, 0.1) is 0 Å². The molecule has 4 aromatic rings. The molecule has 2 atom stereocenters. The van der Waals surface area contributed by atoms with Gasteiger partial charge in [-0.2, -0.15) is 0 Å². The molecular weight excluding hydrogens is 394 g/mol. The van der Waals surface area contributed by atoms with E-state index >= 15 is 0 Å². The Balaban J connectivity index is 1.75. The summed E-state index contributed by atoms with van der Waals surface area (Å²) in [6.45, 7) is 0. The molecule has 0 N–H and O–H groups in total. The van der Waals surface area contributed by atoms with Crippen LogP contribution in [0.25, 0.3) is 0 Å². The number of nitrogens with zero attached hydrogens (tertiary/aromatic N) is 1. The van der Waals surface area contributed by atoms with Crippen LogP contribution in [0.2, 0.25) is 0 Å². The lowest BCUT2D eigenvalue weighted by molar-refractivity contribution is 0.413. The minimum atomic E-state index is -0.0460. The second-order valence-electron chi connectivity index (χ2n) is 7.90. The molecule has 0 unspecified atom stereocenters. The van der Waals surface area contributed by atoms with Gasteiger partial charge in [0.2, 0.25) is 0 Å². The number of methoxy groups -OCH3 is 2. The normalized spacial score (nSPS) is 17.2. The predicted molar refractivity (Wildman–Crippen MR) is 129 cm³/mol. The first-order chi connectivity index (χ1) is 15.8. The molecule has 1 heterocycles. The zero-order valence-electron chi connectivity index (χ0n) is 18.2. The number of hydrogen-bond acceptors (Lipinski definition) is 3. The van der Waals surface area contributed by atoms with Gasteiger partial charge in [0.15, 0.2) is 0 Å². The average molecular weight is 420 g/mol. The molecule has 0 radical (unpaired) electrons. The molecule has 0 spiro atoms. The van der Waals surface area contributed by atoms with Crippen LogP contribution in [-0.2, 0) is 0 Å². The summed E-state index contributed by atoms with van der Waals surface area (Å²) in [5.74, 6) is 1.78. The summed E-state index contributed by atoms with van der Waals surface area (Å²) in [4.78, 5) is 5.37. The van der Waals surface area contributed by atoms with Crippen LogP contribution < -0.4 is 9.47 Å². The van der Waals surface area contributed by atoms with Gasteiger partial charge in [-0.1, -0.05) is 60.7 Å². The van der Waals surface area contributed by atoms with Gasteiger partial charge in [0.25, 0.3) is 0 Å². The monoisotopic (exact) mass is 419 g/mol. The molecule has 1 aliphatic heterocycles. The lowest BCUT2D eigenvalue weighted by Crippen LogP contribution is -2.23. The second kappa shape index (κ2) is 8.72. The zero-order chi connectivity index (χ0) is 21.9. The summed E-state index contributed by atoms with van der Waals surface area (Å²) in [5, 5.41) is 0. The molecule has 1 aliphatic rings. The maximum absolute atomic E-state index is 5.62. The number of benzene rings is 4. The molecule has 32 heavy (non-hydrogen) atoms. The average Bonchev–Trinajstić information content (AvgIpc) is 2.88. The van der Waals surface area contributed by atoms with Crippen LogP contribution in [0.1, 0.15) is 39.8 Å². The van der Waals surface area contributed by atoms with Crippen LogP contribution >= 0.6 is 0 Å². The first-order valence-electron chi connectivity index (χ1n) is 10.8. The third-order valence-electron chi connectivity index (χ3n) is 6.10. The summed E-state index contributed by atoms with van der Waals surface area (Å²) in [6.07, 6.45) is 0. The van der Waals surface area contributed by atoms with E-state index in [4.69, 9.17) is 14.5 Å². The Morgan fingerprint density at radius 3 is 1.84 bits per heavy atom. The Labute approximate surface area is 189 Å². The maximum atomic E-state index is 5.62. The van der Waals surface area contributed by atoms with Crippen molar-refractivity contribution in [3.8, 4) is 11.5 Å². The first-order valence-corrected chi connectivity index (χ1v) is 10.8. The largest absolute Gasteiger partial charge is 0.497 e. The molecule has 0 aliphatic carbocycles. The highest BCUT2D eigenvalue weighted by Crippen LogP contribution is 2.46. The second-order valence-corrected chi connectivity index (χ2v) is 7.90. The van der Waals surface area contributed by atoms with Crippen molar-refractivity contribution in [2.24, 2.45) is 4.99 Å². The summed E-state index contributed by atoms with van der Waals surface area (Å²) < 4.78 is 11.0. The molecule has 0 saturated heterocycles. The first kappa shape index (κ1) is 20.1. The Hall–Kier alpha value is -3.85. The Kier molecular flexibility index (Phi) is 5.47. The van der Waals surface area contributed by atoms with Crippen molar-refractivity contribution in [1.29, 1.82) is 0 Å². The minimum absolute atomic E-state index is 0.0460. The zero-order valence-corrected chi connectivity index (χ0v) is 18.2. The fraction of sp³-hybridized carbons (Fsp3) is 0.138. The van der Waals surface area contributed by atoms with E-state index in [1.807, 2.05) is 18.2 Å². The maximum Gasteiger partial charge on any atom is 0.119 e. The molecule has 0 aromatic heterocycles. The smallest absolute Gasteiger partial charge is 0.119 e. The van der Waals surface area contributed by atoms with E-state index in [2.05, 4.69) is 84.9 Å². The van der Waals surface area contributed by atoms with Crippen molar-refractivity contribution in [1.82, 2.24) is 0 Å². The molecule has 3 nitrogen and oxygen atoms in total. The van der Waals surface area contributed by atoms with Crippen LogP contribution in [0.3, 0.4) is 0 Å². The molecule has 0 saturated carbocycles. The van der Waals surface area contributed by atoms with Crippen LogP contribution in [0.4, 0.5) is 0 Å². The predicted octanol–water partition coefficient (Wildman–Crippen LogP) is 6.43. The number of ether oxygens (including phenoxy) is 2. The van der Waals surface area contributed by atoms with Crippen molar-refractivity contribution in [2.75, 3.05) is 14.2 Å². The number of hydrogen-bond donors (Lipinski definition) is 0. The van der Waals surface area contributed by atoms with E-state index in [-0.39, 0.29) is 12.0 Å². The van der Waals surface area contributed by atoms with Crippen LogP contribution in [0.5, 0.6) is 11.5 Å². The highest BCUT2D eigenvalue weighted by molar-refractivity contribution is 6.14. The van der Waals surface area contributed by atoms with Gasteiger partial charge in [-0.3, -0.25) is 4.99 Å². The van der Waals surface area contributed by atoms with E-state index < -0.39 is 0 Å². The molecule has 158 valence electrons. The molecule has 0 fully saturated rings. The Morgan fingerprint density at radius 2 is 1.22 bits per heavy atom. The highest BCUT2D eigenvalue weighted by atomic mass is 16.5. The number of rotatable bonds is 5. The van der Waals surface area contributed by atoms with Gasteiger partial charge in [0, 0.05) is 17.0 Å². The van der Waals surface area contributed by atoms with Gasteiger partial charge >= 0.3 is 0 Å². The minimum Gasteiger partial charge on any atom is -0.497 e. The van der Waals surface area contributed by atoms with Gasteiger partial charge in [0.1, 0.15) is 11.5 Å². The van der Waals surface area contributed by atoms with Crippen molar-refractivity contribution in [3.63, 3.8) is 0 Å². The number of aliphatic imine (C=N–C) groups is 1. The summed E-state index contributed by atoms with van der Waals surface area (Å²) in [7, 11) is 3.40. The van der Waals surface area contributed by atoms with Crippen molar-refractivity contribution in [2.45, 2.75) is 12.0 Å². The Bertz CT molecular complexity index is 1230. The van der Waals surface area contributed by atoms with E-state index in [1.165, 1.54) is 16.7 Å². The Morgan fingerprint density at radius 1 is 0.625 bits per heavy atom. The van der Waals surface area contributed by atoms with Crippen molar-refractivity contribution in [3.05, 3.63) is 131 Å². The summed E-state index contributed by atoms with van der Waals surface area (Å²) >= 11 is 0. The van der Waals surface area contributed by atoms with E-state index in [1.54, 1.807) is 14.2 Å². The van der Waals surface area contributed by atoms with Crippen LogP contribution in [-0.4, -0.2) is 19.9 Å². The van der Waals surface area contributed by atoms with Crippen LogP contribution in [0.15, 0.2) is 108 Å². The van der Waals surface area contributed by atoms with Gasteiger partial charge < -0.3 is 9.47 Å². The van der Waals surface area contributed by atoms with E-state index in [9.17, 15) is 0 Å². The molecular formula is C29H25NO2. The highest BCUT2D eigenvalue weighted by Gasteiger charge is 2.34. The molecule has 0 bridgehead atoms. The quantitative estimate of drug-likeness (QED) is 0.373. The summed E-state index contributed by atoms with van der Waals surface area (Å²) in [6, 6.07) is 35.6. The third kappa shape index (κ3) is 3.67. The van der Waals surface area contributed by atoms with Crippen molar-refractivity contribution >= 4 is 5.71 Å². The topological polar surface area (TPSA) is 30.8 Å². The summed E-state index contributed by atoms with van der Waals surface area (Å²) in [5.41, 5.74) is 6.87. The molecule has 4 aromatic carbocycles. The fourth-order valence-corrected chi connectivity index (χ4v) is 4.51. The van der Waals surface area contributed by atoms with Gasteiger partial charge in [-0.15, -0.1) is 0 Å². The number of fused-ring (bicyclic) bond motifs is 1. The van der Waals surface area contributed by atoms with E-state index in [0.29, 0.717) is 0 Å². The van der Waals surface area contributed by atoms with Gasteiger partial charge in [-0.05, 0) is 59.2 Å². The van der Waals surface area contributed by atoms with E-state index in [0.717, 1.165) is 28.3 Å². The molecule has 5 rings (SSSR count). The lowest BCUT2D eigenvalue weighted by Gasteiger charge is -2.33.